The number of halogens is 11. The first kappa shape index (κ1) is 59.5. The largest absolute Gasteiger partial charge is 0.472 e. The molecule has 6 rings (SSSR count). The highest BCUT2D eigenvalue weighted by molar-refractivity contribution is 6.29. The first-order chi connectivity index (χ1) is 33.8. The minimum absolute atomic E-state index is 0.0138. The van der Waals surface area contributed by atoms with Crippen LogP contribution in [0.15, 0.2) is 48.5 Å². The monoisotopic (exact) mass is 1070 g/mol. The fourth-order valence-corrected chi connectivity index (χ4v) is 7.42. The van der Waals surface area contributed by atoms with Gasteiger partial charge in [0.15, 0.2) is 5.69 Å². The Labute approximate surface area is 419 Å². The van der Waals surface area contributed by atoms with Crippen LogP contribution in [0.2, 0.25) is 5.15 Å². The van der Waals surface area contributed by atoms with Crippen molar-refractivity contribution >= 4 is 29.8 Å². The molecule has 2 aliphatic heterocycles. The number of aliphatic hydroxyl groups is 1. The van der Waals surface area contributed by atoms with Gasteiger partial charge in [0.2, 0.25) is 11.8 Å². The standard InChI is InChI=1S/C25H27F5N2O5.C22H22ClF5N2O3.C2H6O/c1-5-35-22(33)20-11-18(16-8-6-14(26)10-19(16)27)17-9-7-15(36-21(17)31-20)12-32(13-25(28,29)30)23(34)37-24(2,3)4;1-21(2,3)33-20(31)30(11-22(26,27)28)10-13-5-7-15-16(9-18(23)29-19(15)32-13)14-6-4-12(24)8-17(14)25;1-2-3/h6,8,10-11,15H,5,7,9,12-13H2,1-4H3;4,6,8-9,13H,5,7,10-11H2,1-3H3;3H,2H2,1H3. The van der Waals surface area contributed by atoms with Crippen molar-refractivity contribution in [1.82, 2.24) is 19.8 Å². The molecule has 402 valence electrons. The summed E-state index contributed by atoms with van der Waals surface area (Å²) in [6.07, 6.45) is -12.6. The van der Waals surface area contributed by atoms with Gasteiger partial charge in [0.1, 0.15) is 64.9 Å². The molecule has 2 aliphatic rings. The molecule has 4 aromatic rings. The van der Waals surface area contributed by atoms with Crippen molar-refractivity contribution in [3.05, 3.63) is 93.8 Å². The Balaban J connectivity index is 0.000000302. The predicted molar refractivity (Wildman–Crippen MR) is 246 cm³/mol. The topological polar surface area (TPSA) is 150 Å². The maximum absolute atomic E-state index is 14.6. The van der Waals surface area contributed by atoms with E-state index in [2.05, 4.69) is 9.97 Å². The lowest BCUT2D eigenvalue weighted by molar-refractivity contribution is -0.147. The normalized spacial score (nSPS) is 15.3. The molecular weight excluding hydrogens is 1010 g/mol. The van der Waals surface area contributed by atoms with Crippen molar-refractivity contribution in [2.75, 3.05) is 39.4 Å². The summed E-state index contributed by atoms with van der Waals surface area (Å²) in [5.41, 5.74) is -0.723. The van der Waals surface area contributed by atoms with Crippen LogP contribution in [0.25, 0.3) is 22.3 Å². The number of benzene rings is 2. The summed E-state index contributed by atoms with van der Waals surface area (Å²) in [5, 5.41) is 7.53. The van der Waals surface area contributed by atoms with E-state index in [-0.39, 0.29) is 78.2 Å². The van der Waals surface area contributed by atoms with Crippen LogP contribution in [-0.4, -0.2) is 118 Å². The number of hydrogen-bond donors (Lipinski definition) is 1. The summed E-state index contributed by atoms with van der Waals surface area (Å²) in [6, 6.07) is 8.75. The van der Waals surface area contributed by atoms with Gasteiger partial charge in [-0.1, -0.05) is 11.6 Å². The van der Waals surface area contributed by atoms with E-state index in [1.807, 2.05) is 0 Å². The van der Waals surface area contributed by atoms with E-state index < -0.39 is 103 Å². The molecule has 24 heteroatoms. The summed E-state index contributed by atoms with van der Waals surface area (Å²) < 4.78 is 161. The molecule has 73 heavy (non-hydrogen) atoms. The highest BCUT2D eigenvalue weighted by Gasteiger charge is 2.39. The SMILES string of the molecule is CC(C)(C)OC(=O)N(CC1CCc2c(-c3ccc(F)cc3F)cc(Cl)nc2O1)CC(F)(F)F.CCO.CCOC(=O)c1cc(-c2ccc(F)cc2F)c2c(n1)OC(CN(CC(F)(F)F)C(=O)OC(C)(C)C)CC2. The maximum atomic E-state index is 14.6. The van der Waals surface area contributed by atoms with Crippen molar-refractivity contribution in [2.24, 2.45) is 0 Å². The van der Waals surface area contributed by atoms with Crippen LogP contribution in [0.4, 0.5) is 53.5 Å². The number of rotatable bonds is 10. The first-order valence-corrected chi connectivity index (χ1v) is 23.0. The van der Waals surface area contributed by atoms with E-state index in [1.165, 1.54) is 45.0 Å². The minimum atomic E-state index is -4.69. The fourth-order valence-electron chi connectivity index (χ4n) is 7.24. The van der Waals surface area contributed by atoms with Crippen molar-refractivity contribution in [3.63, 3.8) is 0 Å². The Morgan fingerprint density at radius 2 is 1.05 bits per heavy atom. The molecule has 0 fully saturated rings. The first-order valence-electron chi connectivity index (χ1n) is 22.6. The van der Waals surface area contributed by atoms with E-state index in [9.17, 15) is 58.3 Å². The number of hydrogen-bond acceptors (Lipinski definition) is 11. The van der Waals surface area contributed by atoms with E-state index >= 15 is 0 Å². The molecule has 2 aromatic heterocycles. The molecule has 1 N–H and O–H groups in total. The molecule has 0 saturated heterocycles. The van der Waals surface area contributed by atoms with Gasteiger partial charge in [-0.2, -0.15) is 26.3 Å². The van der Waals surface area contributed by atoms with Gasteiger partial charge >= 0.3 is 30.5 Å². The van der Waals surface area contributed by atoms with E-state index in [1.54, 1.807) is 34.6 Å². The van der Waals surface area contributed by atoms with Crippen LogP contribution in [0.1, 0.15) is 89.8 Å². The number of esters is 1. The molecule has 4 heterocycles. The zero-order valence-corrected chi connectivity index (χ0v) is 41.8. The number of pyridine rings is 2. The quantitative estimate of drug-likeness (QED) is 0.0700. The smallest absolute Gasteiger partial charge is 0.410 e. The number of carbonyl (C=O) groups is 3. The average molecular weight is 1070 g/mol. The van der Waals surface area contributed by atoms with Crippen LogP contribution in [0, 0.1) is 23.3 Å². The zero-order valence-electron chi connectivity index (χ0n) is 41.0. The Kier molecular flexibility index (Phi) is 20.2. The van der Waals surface area contributed by atoms with E-state index in [0.717, 1.165) is 18.2 Å². The number of aromatic nitrogens is 2. The molecule has 2 unspecified atom stereocenters. The Bertz CT molecular complexity index is 2570. The van der Waals surface area contributed by atoms with Crippen molar-refractivity contribution in [2.45, 2.75) is 117 Å². The molecule has 0 saturated carbocycles. The number of ether oxygens (including phenoxy) is 5. The second-order valence-corrected chi connectivity index (χ2v) is 18.8. The zero-order chi connectivity index (χ0) is 54.8. The molecule has 2 atom stereocenters. The summed E-state index contributed by atoms with van der Waals surface area (Å²) in [5.74, 6) is -4.14. The second-order valence-electron chi connectivity index (χ2n) is 18.4. The van der Waals surface area contributed by atoms with Crippen molar-refractivity contribution < 1.29 is 87.1 Å². The van der Waals surface area contributed by atoms with Gasteiger partial charge in [-0.15, -0.1) is 0 Å². The van der Waals surface area contributed by atoms with Crippen LogP contribution in [-0.2, 0) is 27.1 Å². The van der Waals surface area contributed by atoms with Crippen LogP contribution in [0.3, 0.4) is 0 Å². The number of carbonyl (C=O) groups excluding carboxylic acids is 3. The van der Waals surface area contributed by atoms with Crippen LogP contribution in [0.5, 0.6) is 11.8 Å². The molecule has 0 radical (unpaired) electrons. The highest BCUT2D eigenvalue weighted by Crippen LogP contribution is 2.40. The predicted octanol–water partition coefficient (Wildman–Crippen LogP) is 11.9. The lowest BCUT2D eigenvalue weighted by Gasteiger charge is -2.33. The summed E-state index contributed by atoms with van der Waals surface area (Å²) in [7, 11) is 0. The van der Waals surface area contributed by atoms with Gasteiger partial charge in [-0.05, 0) is 129 Å². The van der Waals surface area contributed by atoms with Crippen LogP contribution >= 0.6 is 11.6 Å². The van der Waals surface area contributed by atoms with Gasteiger partial charge in [-0.3, -0.25) is 9.80 Å². The molecule has 2 amide bonds. The Morgan fingerprint density at radius 3 is 1.42 bits per heavy atom. The number of nitrogens with zero attached hydrogens (tertiary/aromatic N) is 4. The maximum Gasteiger partial charge on any atom is 0.410 e. The molecule has 2 aromatic carbocycles. The molecular formula is C49H55ClF10N4O9. The van der Waals surface area contributed by atoms with Gasteiger partial charge in [0, 0.05) is 41.0 Å². The molecule has 0 bridgehead atoms. The van der Waals surface area contributed by atoms with Crippen molar-refractivity contribution in [1.29, 1.82) is 0 Å². The van der Waals surface area contributed by atoms with Crippen molar-refractivity contribution in [3.8, 4) is 34.0 Å². The van der Waals surface area contributed by atoms with Gasteiger partial charge < -0.3 is 28.8 Å². The number of alkyl halides is 6. The third-order valence-corrected chi connectivity index (χ3v) is 10.1. The summed E-state index contributed by atoms with van der Waals surface area (Å²) >= 11 is 6.06. The number of aliphatic hydroxyl groups excluding tert-OH is 1. The fraction of sp³-hybridized carbons (Fsp3) is 0.490. The lowest BCUT2D eigenvalue weighted by Crippen LogP contribution is -2.47. The van der Waals surface area contributed by atoms with Gasteiger partial charge in [0.25, 0.3) is 0 Å². The second kappa shape index (κ2) is 24.8. The molecule has 0 aliphatic carbocycles. The third kappa shape index (κ3) is 18.4. The number of fused-ring (bicyclic) bond motifs is 2. The van der Waals surface area contributed by atoms with Crippen LogP contribution < -0.4 is 9.47 Å². The number of amides is 2. The minimum Gasteiger partial charge on any atom is -0.472 e. The average Bonchev–Trinajstić information content (AvgIpc) is 3.24. The molecule has 0 spiro atoms. The lowest BCUT2D eigenvalue weighted by atomic mass is 9.94. The van der Waals surface area contributed by atoms with E-state index in [4.69, 9.17) is 40.4 Å². The molecule has 13 nitrogen and oxygen atoms in total. The van der Waals surface area contributed by atoms with Gasteiger partial charge in [0.05, 0.1) is 19.7 Å². The summed E-state index contributed by atoms with van der Waals surface area (Å²) in [4.78, 5) is 46.5. The highest BCUT2D eigenvalue weighted by atomic mass is 35.5. The Hall–Kier alpha value is -6.10. The Morgan fingerprint density at radius 1 is 0.658 bits per heavy atom. The third-order valence-electron chi connectivity index (χ3n) is 9.95. The van der Waals surface area contributed by atoms with Gasteiger partial charge in [-0.25, -0.2) is 41.9 Å². The summed E-state index contributed by atoms with van der Waals surface area (Å²) in [6.45, 7) is 8.83. The van der Waals surface area contributed by atoms with E-state index in [0.29, 0.717) is 32.6 Å².